The average Bonchev–Trinajstić information content (AvgIpc) is 2.53. The molecular formula is C18H16N2O. The quantitative estimate of drug-likeness (QED) is 0.595. The Morgan fingerprint density at radius 3 is 1.38 bits per heavy atom. The summed E-state index contributed by atoms with van der Waals surface area (Å²) in [6.07, 6.45) is 0. The number of para-hydroxylation sites is 3. The first-order valence-electron chi connectivity index (χ1n) is 6.79. The molecule has 0 spiro atoms. The maximum Gasteiger partial charge on any atom is 0.162 e. The lowest BCUT2D eigenvalue weighted by Gasteiger charge is -2.13. The Hall–Kier alpha value is -2.94. The third-order valence-corrected chi connectivity index (χ3v) is 3.14. The van der Waals surface area contributed by atoms with Crippen LogP contribution in [0.4, 0.5) is 22.7 Å². The standard InChI is InChI=1S/C18H16N2O/c21-18-16(19-14-8-3-1-4-9-14)12-7-13-17(18)20-15-10-5-2-6-11-15/h1-13,19-21H. The van der Waals surface area contributed by atoms with Crippen LogP contribution in [0.3, 0.4) is 0 Å². The topological polar surface area (TPSA) is 44.3 Å². The van der Waals surface area contributed by atoms with E-state index in [0.717, 1.165) is 11.4 Å². The first-order valence-corrected chi connectivity index (χ1v) is 6.79. The summed E-state index contributed by atoms with van der Waals surface area (Å²) in [7, 11) is 0. The van der Waals surface area contributed by atoms with Crippen LogP contribution in [0.25, 0.3) is 0 Å². The van der Waals surface area contributed by atoms with Crippen LogP contribution in [0.15, 0.2) is 78.9 Å². The third kappa shape index (κ3) is 3.15. The Kier molecular flexibility index (Phi) is 3.74. The molecule has 0 aliphatic rings. The first kappa shape index (κ1) is 13.1. The molecule has 0 bridgehead atoms. The van der Waals surface area contributed by atoms with Gasteiger partial charge in [-0.1, -0.05) is 42.5 Å². The van der Waals surface area contributed by atoms with Gasteiger partial charge in [0, 0.05) is 11.4 Å². The lowest BCUT2D eigenvalue weighted by Crippen LogP contribution is -1.94. The highest BCUT2D eigenvalue weighted by Gasteiger charge is 2.07. The van der Waals surface area contributed by atoms with Crippen molar-refractivity contribution < 1.29 is 5.11 Å². The Morgan fingerprint density at radius 2 is 0.952 bits per heavy atom. The van der Waals surface area contributed by atoms with Crippen molar-refractivity contribution in [3.05, 3.63) is 78.9 Å². The Labute approximate surface area is 123 Å². The number of phenols is 1. The Bertz CT molecular complexity index is 652. The van der Waals surface area contributed by atoms with Crippen LogP contribution in [-0.2, 0) is 0 Å². The summed E-state index contributed by atoms with van der Waals surface area (Å²) in [4.78, 5) is 0. The van der Waals surface area contributed by atoms with Gasteiger partial charge < -0.3 is 15.7 Å². The van der Waals surface area contributed by atoms with Gasteiger partial charge in [-0.05, 0) is 36.4 Å². The van der Waals surface area contributed by atoms with Crippen LogP contribution in [0.2, 0.25) is 0 Å². The van der Waals surface area contributed by atoms with Gasteiger partial charge in [-0.3, -0.25) is 0 Å². The molecule has 3 heteroatoms. The van der Waals surface area contributed by atoms with Crippen LogP contribution in [0.1, 0.15) is 0 Å². The molecule has 0 amide bonds. The zero-order valence-corrected chi connectivity index (χ0v) is 11.5. The van der Waals surface area contributed by atoms with Crippen molar-refractivity contribution in [3.8, 4) is 5.75 Å². The minimum Gasteiger partial charge on any atom is -0.504 e. The molecule has 3 nitrogen and oxygen atoms in total. The van der Waals surface area contributed by atoms with E-state index in [1.807, 2.05) is 78.9 Å². The normalized spacial score (nSPS) is 10.1. The molecule has 0 atom stereocenters. The van der Waals surface area contributed by atoms with Gasteiger partial charge in [0.2, 0.25) is 0 Å². The zero-order chi connectivity index (χ0) is 14.5. The highest BCUT2D eigenvalue weighted by Crippen LogP contribution is 2.35. The van der Waals surface area contributed by atoms with Crippen molar-refractivity contribution >= 4 is 22.7 Å². The number of rotatable bonds is 4. The maximum atomic E-state index is 10.4. The van der Waals surface area contributed by atoms with Gasteiger partial charge in [0.05, 0.1) is 11.4 Å². The van der Waals surface area contributed by atoms with E-state index < -0.39 is 0 Å². The summed E-state index contributed by atoms with van der Waals surface area (Å²) in [6, 6.07) is 25.1. The third-order valence-electron chi connectivity index (χ3n) is 3.14. The van der Waals surface area contributed by atoms with Crippen LogP contribution < -0.4 is 10.6 Å². The van der Waals surface area contributed by atoms with Gasteiger partial charge in [-0.2, -0.15) is 0 Å². The first-order chi connectivity index (χ1) is 10.3. The summed E-state index contributed by atoms with van der Waals surface area (Å²) in [5.41, 5.74) is 3.21. The number of hydrogen-bond acceptors (Lipinski definition) is 3. The highest BCUT2D eigenvalue weighted by atomic mass is 16.3. The number of phenolic OH excluding ortho intramolecular Hbond substituents is 1. The molecule has 0 saturated heterocycles. The van der Waals surface area contributed by atoms with Crippen molar-refractivity contribution in [1.82, 2.24) is 0 Å². The molecule has 0 radical (unpaired) electrons. The monoisotopic (exact) mass is 276 g/mol. The number of benzene rings is 3. The van der Waals surface area contributed by atoms with E-state index in [-0.39, 0.29) is 5.75 Å². The minimum absolute atomic E-state index is 0.199. The van der Waals surface area contributed by atoms with Crippen molar-refractivity contribution in [3.63, 3.8) is 0 Å². The lowest BCUT2D eigenvalue weighted by molar-refractivity contribution is 0.480. The predicted molar refractivity (Wildman–Crippen MR) is 87.6 cm³/mol. The fourth-order valence-corrected chi connectivity index (χ4v) is 2.10. The second kappa shape index (κ2) is 6.01. The second-order valence-electron chi connectivity index (χ2n) is 4.68. The molecule has 0 aliphatic heterocycles. The van der Waals surface area contributed by atoms with E-state index >= 15 is 0 Å². The van der Waals surface area contributed by atoms with Crippen LogP contribution in [0, 0.1) is 0 Å². The fraction of sp³-hybridized carbons (Fsp3) is 0. The molecule has 3 N–H and O–H groups in total. The number of hydrogen-bond donors (Lipinski definition) is 3. The summed E-state index contributed by atoms with van der Waals surface area (Å²) in [6.45, 7) is 0. The molecule has 3 rings (SSSR count). The number of anilines is 4. The molecule has 0 aromatic heterocycles. The van der Waals surface area contributed by atoms with Crippen molar-refractivity contribution in [2.75, 3.05) is 10.6 Å². The molecule has 3 aromatic rings. The van der Waals surface area contributed by atoms with E-state index in [2.05, 4.69) is 10.6 Å². The van der Waals surface area contributed by atoms with Gasteiger partial charge in [0.15, 0.2) is 5.75 Å². The zero-order valence-electron chi connectivity index (χ0n) is 11.5. The van der Waals surface area contributed by atoms with Crippen LogP contribution in [0.5, 0.6) is 5.75 Å². The largest absolute Gasteiger partial charge is 0.504 e. The molecule has 0 fully saturated rings. The minimum atomic E-state index is 0.199. The molecule has 0 heterocycles. The molecule has 104 valence electrons. The maximum absolute atomic E-state index is 10.4. The summed E-state index contributed by atoms with van der Waals surface area (Å²) in [5.74, 6) is 0.199. The molecule has 21 heavy (non-hydrogen) atoms. The molecule has 3 aromatic carbocycles. The van der Waals surface area contributed by atoms with E-state index in [9.17, 15) is 5.11 Å². The Morgan fingerprint density at radius 1 is 0.524 bits per heavy atom. The molecule has 0 unspecified atom stereocenters. The Balaban J connectivity index is 1.85. The van der Waals surface area contributed by atoms with Gasteiger partial charge in [0.1, 0.15) is 0 Å². The van der Waals surface area contributed by atoms with Crippen molar-refractivity contribution in [2.24, 2.45) is 0 Å². The number of aromatic hydroxyl groups is 1. The smallest absolute Gasteiger partial charge is 0.162 e. The van der Waals surface area contributed by atoms with E-state index in [0.29, 0.717) is 11.4 Å². The van der Waals surface area contributed by atoms with Gasteiger partial charge in [-0.25, -0.2) is 0 Å². The van der Waals surface area contributed by atoms with Crippen LogP contribution in [-0.4, -0.2) is 5.11 Å². The van der Waals surface area contributed by atoms with Crippen molar-refractivity contribution in [2.45, 2.75) is 0 Å². The van der Waals surface area contributed by atoms with E-state index in [4.69, 9.17) is 0 Å². The summed E-state index contributed by atoms with van der Waals surface area (Å²) in [5, 5.41) is 16.8. The van der Waals surface area contributed by atoms with Gasteiger partial charge >= 0.3 is 0 Å². The van der Waals surface area contributed by atoms with E-state index in [1.54, 1.807) is 0 Å². The van der Waals surface area contributed by atoms with Crippen molar-refractivity contribution in [1.29, 1.82) is 0 Å². The lowest BCUT2D eigenvalue weighted by atomic mass is 10.2. The second-order valence-corrected chi connectivity index (χ2v) is 4.68. The predicted octanol–water partition coefficient (Wildman–Crippen LogP) is 4.88. The van der Waals surface area contributed by atoms with Gasteiger partial charge in [-0.15, -0.1) is 0 Å². The molecule has 0 saturated carbocycles. The number of nitrogens with one attached hydrogen (secondary N) is 2. The fourth-order valence-electron chi connectivity index (χ4n) is 2.10. The average molecular weight is 276 g/mol. The highest BCUT2D eigenvalue weighted by molar-refractivity contribution is 5.77. The van der Waals surface area contributed by atoms with Crippen LogP contribution >= 0.6 is 0 Å². The molecular weight excluding hydrogens is 260 g/mol. The SMILES string of the molecule is Oc1c(Nc2ccccc2)cccc1Nc1ccccc1. The van der Waals surface area contributed by atoms with Gasteiger partial charge in [0.25, 0.3) is 0 Å². The van der Waals surface area contributed by atoms with E-state index in [1.165, 1.54) is 0 Å². The summed E-state index contributed by atoms with van der Waals surface area (Å²) >= 11 is 0. The molecule has 0 aliphatic carbocycles. The summed E-state index contributed by atoms with van der Waals surface area (Å²) < 4.78 is 0.